The summed E-state index contributed by atoms with van der Waals surface area (Å²) in [5.41, 5.74) is 0.156. The number of alkyl halides is 3. The fraction of sp³-hybridized carbons (Fsp3) is 0.214. The predicted octanol–water partition coefficient (Wildman–Crippen LogP) is 3.26. The predicted molar refractivity (Wildman–Crippen MR) is 68.5 cm³/mol. The Morgan fingerprint density at radius 3 is 2.48 bits per heavy atom. The number of methoxy groups -OCH3 is 1. The molecular formula is C14H11F3N2O2. The Hall–Kier alpha value is -2.44. The lowest BCUT2D eigenvalue weighted by Gasteiger charge is -2.10. The molecule has 0 fully saturated rings. The fourth-order valence-corrected chi connectivity index (χ4v) is 1.73. The van der Waals surface area contributed by atoms with Gasteiger partial charge in [-0.15, -0.1) is 0 Å². The number of hydrogen-bond acceptors (Lipinski definition) is 4. The molecule has 0 aliphatic carbocycles. The maximum absolute atomic E-state index is 12.9. The van der Waals surface area contributed by atoms with Crippen LogP contribution >= 0.6 is 0 Å². The van der Waals surface area contributed by atoms with Crippen molar-refractivity contribution in [2.45, 2.75) is 13.1 Å². The van der Waals surface area contributed by atoms with Crippen molar-refractivity contribution >= 4 is 5.97 Å². The van der Waals surface area contributed by atoms with Crippen molar-refractivity contribution in [3.63, 3.8) is 0 Å². The Labute approximate surface area is 118 Å². The molecule has 0 spiro atoms. The number of esters is 1. The van der Waals surface area contributed by atoms with Crippen molar-refractivity contribution in [2.75, 3.05) is 7.11 Å². The Morgan fingerprint density at radius 1 is 1.19 bits per heavy atom. The zero-order valence-corrected chi connectivity index (χ0v) is 11.2. The zero-order chi connectivity index (χ0) is 15.6. The largest absolute Gasteiger partial charge is 0.463 e. The molecule has 2 rings (SSSR count). The van der Waals surface area contributed by atoms with Gasteiger partial charge in [0, 0.05) is 5.56 Å². The summed E-state index contributed by atoms with van der Waals surface area (Å²) >= 11 is 0. The molecule has 110 valence electrons. The van der Waals surface area contributed by atoms with Gasteiger partial charge in [0.1, 0.15) is 5.69 Å². The summed E-state index contributed by atoms with van der Waals surface area (Å²) in [6, 6.07) is 7.58. The second-order valence-corrected chi connectivity index (χ2v) is 4.32. The Morgan fingerprint density at radius 2 is 1.90 bits per heavy atom. The first kappa shape index (κ1) is 15.0. The highest BCUT2D eigenvalue weighted by atomic mass is 19.4. The summed E-state index contributed by atoms with van der Waals surface area (Å²) in [6.07, 6.45) is -4.68. The number of aromatic nitrogens is 2. The first-order valence-corrected chi connectivity index (χ1v) is 5.93. The Bertz CT molecular complexity index is 684. The highest BCUT2D eigenvalue weighted by molar-refractivity contribution is 5.85. The van der Waals surface area contributed by atoms with E-state index in [2.05, 4.69) is 14.7 Å². The van der Waals surface area contributed by atoms with Crippen LogP contribution in [-0.4, -0.2) is 23.0 Å². The van der Waals surface area contributed by atoms with Gasteiger partial charge in [-0.2, -0.15) is 13.2 Å². The molecule has 1 aromatic heterocycles. The van der Waals surface area contributed by atoms with E-state index in [1.807, 2.05) is 0 Å². The van der Waals surface area contributed by atoms with Crippen LogP contribution in [0, 0.1) is 6.92 Å². The van der Waals surface area contributed by atoms with Crippen LogP contribution in [0.25, 0.3) is 11.3 Å². The number of hydrogen-bond donors (Lipinski definition) is 0. The number of ether oxygens (including phenoxy) is 1. The van der Waals surface area contributed by atoms with Gasteiger partial charge >= 0.3 is 12.1 Å². The van der Waals surface area contributed by atoms with E-state index >= 15 is 0 Å². The molecular weight excluding hydrogens is 285 g/mol. The number of halogens is 3. The van der Waals surface area contributed by atoms with Crippen molar-refractivity contribution in [1.29, 1.82) is 0 Å². The minimum absolute atomic E-state index is 0.0152. The average molecular weight is 296 g/mol. The number of carbonyl (C=O) groups is 1. The van der Waals surface area contributed by atoms with E-state index < -0.39 is 23.7 Å². The van der Waals surface area contributed by atoms with Crippen LogP contribution in [0.1, 0.15) is 21.9 Å². The molecule has 0 aliphatic rings. The van der Waals surface area contributed by atoms with Gasteiger partial charge in [0.05, 0.1) is 12.8 Å². The quantitative estimate of drug-likeness (QED) is 0.798. The maximum atomic E-state index is 12.9. The summed E-state index contributed by atoms with van der Waals surface area (Å²) in [7, 11) is 1.05. The van der Waals surface area contributed by atoms with Gasteiger partial charge in [0.2, 0.25) is 5.82 Å². The van der Waals surface area contributed by atoms with E-state index in [-0.39, 0.29) is 5.69 Å². The summed E-state index contributed by atoms with van der Waals surface area (Å²) in [5, 5.41) is 0. The number of carbonyl (C=O) groups excluding carboxylic acids is 1. The molecule has 1 aromatic carbocycles. The SMILES string of the molecule is COC(=O)c1nc(-c2cccc(C)c2)cc(C(F)(F)F)n1. The van der Waals surface area contributed by atoms with Crippen LogP contribution < -0.4 is 0 Å². The average Bonchev–Trinajstić information content (AvgIpc) is 2.45. The van der Waals surface area contributed by atoms with E-state index in [1.54, 1.807) is 31.2 Å². The van der Waals surface area contributed by atoms with Crippen molar-refractivity contribution in [3.8, 4) is 11.3 Å². The van der Waals surface area contributed by atoms with Crippen LogP contribution in [0.4, 0.5) is 13.2 Å². The Kier molecular flexibility index (Phi) is 3.93. The van der Waals surface area contributed by atoms with Gasteiger partial charge in [-0.05, 0) is 19.1 Å². The molecule has 0 saturated heterocycles. The third kappa shape index (κ3) is 3.36. The number of rotatable bonds is 2. The van der Waals surface area contributed by atoms with Gasteiger partial charge in [0.25, 0.3) is 0 Å². The topological polar surface area (TPSA) is 52.1 Å². The van der Waals surface area contributed by atoms with E-state index in [1.165, 1.54) is 0 Å². The van der Waals surface area contributed by atoms with Crippen LogP contribution in [-0.2, 0) is 10.9 Å². The number of nitrogens with zero attached hydrogens (tertiary/aromatic N) is 2. The van der Waals surface area contributed by atoms with Gasteiger partial charge in [-0.3, -0.25) is 0 Å². The number of aryl methyl sites for hydroxylation is 1. The van der Waals surface area contributed by atoms with E-state index in [0.29, 0.717) is 5.56 Å². The van der Waals surface area contributed by atoms with Gasteiger partial charge in [0.15, 0.2) is 0 Å². The first-order chi connectivity index (χ1) is 9.81. The van der Waals surface area contributed by atoms with Crippen molar-refractivity contribution in [3.05, 3.63) is 47.4 Å². The number of benzene rings is 1. The molecule has 0 N–H and O–H groups in total. The highest BCUT2D eigenvalue weighted by Crippen LogP contribution is 2.30. The van der Waals surface area contributed by atoms with Crippen molar-refractivity contribution in [2.24, 2.45) is 0 Å². The van der Waals surface area contributed by atoms with Crippen molar-refractivity contribution < 1.29 is 22.7 Å². The maximum Gasteiger partial charge on any atom is 0.433 e. The van der Waals surface area contributed by atoms with Gasteiger partial charge in [-0.1, -0.05) is 23.8 Å². The smallest absolute Gasteiger partial charge is 0.433 e. The first-order valence-electron chi connectivity index (χ1n) is 5.93. The zero-order valence-electron chi connectivity index (χ0n) is 11.2. The fourth-order valence-electron chi connectivity index (χ4n) is 1.73. The Balaban J connectivity index is 2.63. The van der Waals surface area contributed by atoms with Crippen LogP contribution in [0.3, 0.4) is 0 Å². The van der Waals surface area contributed by atoms with Crippen LogP contribution in [0.2, 0.25) is 0 Å². The minimum atomic E-state index is -4.68. The molecule has 1 heterocycles. The lowest BCUT2D eigenvalue weighted by molar-refractivity contribution is -0.141. The molecule has 0 atom stereocenters. The second-order valence-electron chi connectivity index (χ2n) is 4.32. The molecule has 0 unspecified atom stereocenters. The standard InChI is InChI=1S/C14H11F3N2O2/c1-8-4-3-5-9(6-8)10-7-11(14(15,16)17)19-12(18-10)13(20)21-2/h3-7H,1-2H3. The molecule has 0 radical (unpaired) electrons. The molecule has 4 nitrogen and oxygen atoms in total. The van der Waals surface area contributed by atoms with Gasteiger partial charge < -0.3 is 4.74 Å². The second kappa shape index (κ2) is 5.51. The molecule has 7 heteroatoms. The third-order valence-electron chi connectivity index (χ3n) is 2.70. The molecule has 0 amide bonds. The van der Waals surface area contributed by atoms with E-state index in [0.717, 1.165) is 18.7 Å². The molecule has 0 saturated carbocycles. The van der Waals surface area contributed by atoms with Crippen LogP contribution in [0.5, 0.6) is 0 Å². The van der Waals surface area contributed by atoms with Crippen molar-refractivity contribution in [1.82, 2.24) is 9.97 Å². The minimum Gasteiger partial charge on any atom is -0.463 e. The summed E-state index contributed by atoms with van der Waals surface area (Å²) < 4.78 is 43.0. The van der Waals surface area contributed by atoms with Crippen LogP contribution in [0.15, 0.2) is 30.3 Å². The molecule has 21 heavy (non-hydrogen) atoms. The molecule has 2 aromatic rings. The van der Waals surface area contributed by atoms with Gasteiger partial charge in [-0.25, -0.2) is 14.8 Å². The third-order valence-corrected chi connectivity index (χ3v) is 2.70. The summed E-state index contributed by atoms with van der Waals surface area (Å²) in [6.45, 7) is 1.80. The van der Waals surface area contributed by atoms with E-state index in [9.17, 15) is 18.0 Å². The normalized spacial score (nSPS) is 11.3. The van der Waals surface area contributed by atoms with E-state index in [4.69, 9.17) is 0 Å². The lowest BCUT2D eigenvalue weighted by atomic mass is 10.1. The summed E-state index contributed by atoms with van der Waals surface area (Å²) in [4.78, 5) is 18.5. The molecule has 0 aliphatic heterocycles. The molecule has 0 bridgehead atoms. The lowest BCUT2D eigenvalue weighted by Crippen LogP contribution is -2.15. The monoisotopic (exact) mass is 296 g/mol. The summed E-state index contributed by atoms with van der Waals surface area (Å²) in [5.74, 6) is -1.64. The highest BCUT2D eigenvalue weighted by Gasteiger charge is 2.34.